The number of phenolic OH excluding ortho intramolecular Hbond substituents is 1. The number of hydrogen-bond acceptors (Lipinski definition) is 3. The number of phenols is 1. The van der Waals surface area contributed by atoms with E-state index in [4.69, 9.17) is 0 Å². The lowest BCUT2D eigenvalue weighted by molar-refractivity contribution is 0.102. The summed E-state index contributed by atoms with van der Waals surface area (Å²) in [6.07, 6.45) is 0.907. The molecule has 0 saturated heterocycles. The quantitative estimate of drug-likeness (QED) is 0.637. The largest absolute Gasteiger partial charge is 0.507 e. The Balaban J connectivity index is 2.24. The van der Waals surface area contributed by atoms with Crippen LogP contribution in [0, 0.1) is 5.92 Å². The maximum atomic E-state index is 12.8. The Morgan fingerprint density at radius 2 is 1.71 bits per heavy atom. The molecule has 2 N–H and O–H groups in total. The van der Waals surface area contributed by atoms with Crippen molar-refractivity contribution in [3.05, 3.63) is 59.2 Å². The second-order valence-electron chi connectivity index (χ2n) is 8.23. The summed E-state index contributed by atoms with van der Waals surface area (Å²) in [6, 6.07) is 13.3. The molecule has 0 aliphatic heterocycles. The van der Waals surface area contributed by atoms with E-state index in [1.165, 1.54) is 5.56 Å². The summed E-state index contributed by atoms with van der Waals surface area (Å²) in [6.45, 7) is 9.52. The monoisotopic (exact) mass is 382 g/mol. The van der Waals surface area contributed by atoms with Gasteiger partial charge < -0.3 is 15.3 Å². The fraction of sp³-hybridized carbons (Fsp3) is 0.458. The van der Waals surface area contributed by atoms with Crippen molar-refractivity contribution >= 4 is 11.6 Å². The topological polar surface area (TPSA) is 52.6 Å². The number of carbonyl (C=O) groups is 1. The Morgan fingerprint density at radius 1 is 1.07 bits per heavy atom. The lowest BCUT2D eigenvalue weighted by Gasteiger charge is -2.27. The molecule has 0 heterocycles. The van der Waals surface area contributed by atoms with Crippen LogP contribution in [-0.4, -0.2) is 36.6 Å². The van der Waals surface area contributed by atoms with Gasteiger partial charge in [-0.1, -0.05) is 52.0 Å². The van der Waals surface area contributed by atoms with Crippen molar-refractivity contribution in [1.29, 1.82) is 0 Å². The lowest BCUT2D eigenvalue weighted by Crippen LogP contribution is -2.24. The number of nitrogens with one attached hydrogen (secondary N) is 1. The van der Waals surface area contributed by atoms with Crippen LogP contribution < -0.4 is 5.32 Å². The first kappa shape index (κ1) is 22.0. The van der Waals surface area contributed by atoms with E-state index < -0.39 is 0 Å². The standard InChI is InChI=1S/C24H34N2O2/c1-7-20(17(4)15-26(5)6)21-9-8-10-22(23(21)27)24(28)25-19-13-11-18(12-14-19)16(2)3/h8-14,16-17,20,27H,7,15H2,1-6H3,(H,25,28)/t17-,20+/m0/s1. The molecule has 2 aromatic carbocycles. The molecule has 152 valence electrons. The lowest BCUT2D eigenvalue weighted by atomic mass is 9.83. The van der Waals surface area contributed by atoms with Crippen LogP contribution in [0.2, 0.25) is 0 Å². The zero-order chi connectivity index (χ0) is 20.8. The third-order valence-corrected chi connectivity index (χ3v) is 5.33. The molecule has 0 aliphatic rings. The van der Waals surface area contributed by atoms with Crippen molar-refractivity contribution in [3.8, 4) is 5.75 Å². The predicted molar refractivity (Wildman–Crippen MR) is 117 cm³/mol. The summed E-state index contributed by atoms with van der Waals surface area (Å²) in [5.41, 5.74) is 3.12. The van der Waals surface area contributed by atoms with Crippen LogP contribution in [0.1, 0.15) is 67.4 Å². The van der Waals surface area contributed by atoms with E-state index in [9.17, 15) is 9.90 Å². The van der Waals surface area contributed by atoms with E-state index in [0.29, 0.717) is 17.4 Å². The Morgan fingerprint density at radius 3 is 2.25 bits per heavy atom. The third-order valence-electron chi connectivity index (χ3n) is 5.33. The number of rotatable bonds is 8. The molecule has 1 amide bonds. The third kappa shape index (κ3) is 5.35. The van der Waals surface area contributed by atoms with E-state index in [1.54, 1.807) is 6.07 Å². The number of carbonyl (C=O) groups excluding carboxylic acids is 1. The number of amides is 1. The predicted octanol–water partition coefficient (Wildman–Crippen LogP) is 5.46. The Bertz CT molecular complexity index is 782. The molecule has 0 spiro atoms. The highest BCUT2D eigenvalue weighted by atomic mass is 16.3. The van der Waals surface area contributed by atoms with Crippen LogP contribution in [-0.2, 0) is 0 Å². The molecule has 0 aliphatic carbocycles. The Hall–Kier alpha value is -2.33. The van der Waals surface area contributed by atoms with Crippen molar-refractivity contribution in [3.63, 3.8) is 0 Å². The van der Waals surface area contributed by atoms with Crippen molar-refractivity contribution in [1.82, 2.24) is 4.90 Å². The van der Waals surface area contributed by atoms with Gasteiger partial charge in [0.15, 0.2) is 0 Å². The van der Waals surface area contributed by atoms with Gasteiger partial charge in [-0.2, -0.15) is 0 Å². The first-order valence-electron chi connectivity index (χ1n) is 10.1. The fourth-order valence-corrected chi connectivity index (χ4v) is 3.83. The normalized spacial score (nSPS) is 13.6. The van der Waals surface area contributed by atoms with E-state index in [0.717, 1.165) is 24.2 Å². The van der Waals surface area contributed by atoms with Crippen LogP contribution >= 0.6 is 0 Å². The number of anilines is 1. The average Bonchev–Trinajstić information content (AvgIpc) is 2.63. The summed E-state index contributed by atoms with van der Waals surface area (Å²) in [5, 5.41) is 13.8. The molecular weight excluding hydrogens is 348 g/mol. The van der Waals surface area contributed by atoms with Crippen LogP contribution in [0.3, 0.4) is 0 Å². The minimum atomic E-state index is -0.285. The highest BCUT2D eigenvalue weighted by Crippen LogP contribution is 2.36. The van der Waals surface area contributed by atoms with Gasteiger partial charge in [0.1, 0.15) is 5.75 Å². The number of hydrogen-bond donors (Lipinski definition) is 2. The maximum Gasteiger partial charge on any atom is 0.259 e. The van der Waals surface area contributed by atoms with Gasteiger partial charge in [0, 0.05) is 12.2 Å². The van der Waals surface area contributed by atoms with E-state index in [-0.39, 0.29) is 17.6 Å². The van der Waals surface area contributed by atoms with Crippen molar-refractivity contribution in [2.24, 2.45) is 5.92 Å². The maximum absolute atomic E-state index is 12.8. The SMILES string of the molecule is CC[C@@H](c1cccc(C(=O)Nc2ccc(C(C)C)cc2)c1O)[C@@H](C)CN(C)C. The molecule has 0 radical (unpaired) electrons. The van der Waals surface area contributed by atoms with Crippen molar-refractivity contribution in [2.75, 3.05) is 26.0 Å². The molecule has 28 heavy (non-hydrogen) atoms. The summed E-state index contributed by atoms with van der Waals surface area (Å²) in [4.78, 5) is 14.9. The molecule has 2 atom stereocenters. The van der Waals surface area contributed by atoms with Gasteiger partial charge in [-0.15, -0.1) is 0 Å². The highest BCUT2D eigenvalue weighted by molar-refractivity contribution is 6.06. The van der Waals surface area contributed by atoms with Gasteiger partial charge in [-0.25, -0.2) is 0 Å². The first-order valence-corrected chi connectivity index (χ1v) is 10.1. The highest BCUT2D eigenvalue weighted by Gasteiger charge is 2.24. The molecule has 4 heteroatoms. The molecule has 0 saturated carbocycles. The van der Waals surface area contributed by atoms with Gasteiger partial charge in [0.25, 0.3) is 5.91 Å². The smallest absolute Gasteiger partial charge is 0.259 e. The summed E-state index contributed by atoms with van der Waals surface area (Å²) in [5.74, 6) is 0.817. The second-order valence-corrected chi connectivity index (χ2v) is 8.23. The van der Waals surface area contributed by atoms with Gasteiger partial charge in [-0.05, 0) is 67.6 Å². The second kappa shape index (κ2) is 9.74. The molecule has 0 bridgehead atoms. The van der Waals surface area contributed by atoms with Gasteiger partial charge in [0.2, 0.25) is 0 Å². The zero-order valence-corrected chi connectivity index (χ0v) is 18.0. The summed E-state index contributed by atoms with van der Waals surface area (Å²) in [7, 11) is 4.11. The fourth-order valence-electron chi connectivity index (χ4n) is 3.83. The molecular formula is C24H34N2O2. The zero-order valence-electron chi connectivity index (χ0n) is 18.0. The summed E-state index contributed by atoms with van der Waals surface area (Å²) < 4.78 is 0. The first-order chi connectivity index (χ1) is 13.2. The van der Waals surface area contributed by atoms with Crippen LogP contribution in [0.25, 0.3) is 0 Å². The summed E-state index contributed by atoms with van der Waals surface area (Å²) >= 11 is 0. The minimum absolute atomic E-state index is 0.0938. The van der Waals surface area contributed by atoms with Crippen molar-refractivity contribution in [2.45, 2.75) is 46.0 Å². The van der Waals surface area contributed by atoms with E-state index in [1.807, 2.05) is 36.4 Å². The number of aromatic hydroxyl groups is 1. The molecule has 0 aromatic heterocycles. The van der Waals surface area contributed by atoms with Crippen LogP contribution in [0.5, 0.6) is 5.75 Å². The van der Waals surface area contributed by atoms with Crippen LogP contribution in [0.15, 0.2) is 42.5 Å². The number of benzene rings is 2. The Labute approximate surface area is 169 Å². The molecule has 2 rings (SSSR count). The minimum Gasteiger partial charge on any atom is -0.507 e. The number of nitrogens with zero attached hydrogens (tertiary/aromatic N) is 1. The van der Waals surface area contributed by atoms with Gasteiger partial charge >= 0.3 is 0 Å². The average molecular weight is 383 g/mol. The van der Waals surface area contributed by atoms with Crippen molar-refractivity contribution < 1.29 is 9.90 Å². The molecule has 2 aromatic rings. The Kier molecular flexibility index (Phi) is 7.64. The molecule has 0 unspecified atom stereocenters. The molecule has 4 nitrogen and oxygen atoms in total. The van der Waals surface area contributed by atoms with Gasteiger partial charge in [-0.3, -0.25) is 4.79 Å². The van der Waals surface area contributed by atoms with E-state index in [2.05, 4.69) is 52.0 Å². The van der Waals surface area contributed by atoms with Gasteiger partial charge in [0.05, 0.1) is 5.56 Å². The van der Waals surface area contributed by atoms with E-state index >= 15 is 0 Å². The number of para-hydroxylation sites is 1. The molecule has 0 fully saturated rings. The van der Waals surface area contributed by atoms with Crippen LogP contribution in [0.4, 0.5) is 5.69 Å².